The molecule has 0 saturated carbocycles. The first kappa shape index (κ1) is 16.7. The van der Waals surface area contributed by atoms with Crippen molar-refractivity contribution in [2.75, 3.05) is 4.90 Å². The van der Waals surface area contributed by atoms with Crippen LogP contribution in [0.3, 0.4) is 0 Å². The molecule has 2 aromatic heterocycles. The van der Waals surface area contributed by atoms with Gasteiger partial charge in [-0.05, 0) is 31.9 Å². The van der Waals surface area contributed by atoms with Crippen molar-refractivity contribution < 1.29 is 8.94 Å². The standard InChI is InChI=1S/C22H20N4O2/c1-14-12-17-10-6-7-11-18(17)26(14)13-19-23-24-22(27-19)20-15(2)28-25-21(20)16-8-4-3-5-9-16/h3-11,14H,12-13H2,1-2H3/t14-/m1/s1. The second-order valence-corrected chi connectivity index (χ2v) is 7.14. The molecule has 0 fully saturated rings. The third kappa shape index (κ3) is 2.78. The van der Waals surface area contributed by atoms with Gasteiger partial charge in [-0.25, -0.2) is 0 Å². The van der Waals surface area contributed by atoms with Gasteiger partial charge < -0.3 is 13.8 Å². The Morgan fingerprint density at radius 3 is 2.68 bits per heavy atom. The lowest BCUT2D eigenvalue weighted by Gasteiger charge is -2.22. The van der Waals surface area contributed by atoms with E-state index in [-0.39, 0.29) is 0 Å². The fourth-order valence-electron chi connectivity index (χ4n) is 3.85. The molecule has 1 aliphatic rings. The number of para-hydroxylation sites is 1. The summed E-state index contributed by atoms with van der Waals surface area (Å²) in [5.41, 5.74) is 5.01. The number of hydrogen-bond acceptors (Lipinski definition) is 6. The minimum Gasteiger partial charge on any atom is -0.419 e. The van der Waals surface area contributed by atoms with E-state index in [0.29, 0.717) is 35.8 Å². The van der Waals surface area contributed by atoms with Crippen LogP contribution in [0.15, 0.2) is 63.5 Å². The molecule has 0 bridgehead atoms. The van der Waals surface area contributed by atoms with Gasteiger partial charge in [-0.2, -0.15) is 0 Å². The molecule has 6 nitrogen and oxygen atoms in total. The average Bonchev–Trinajstić information content (AvgIpc) is 3.41. The van der Waals surface area contributed by atoms with E-state index in [0.717, 1.165) is 17.5 Å². The molecule has 140 valence electrons. The molecule has 1 atom stereocenters. The van der Waals surface area contributed by atoms with Gasteiger partial charge in [0, 0.05) is 17.3 Å². The third-order valence-electron chi connectivity index (χ3n) is 5.24. The van der Waals surface area contributed by atoms with Crippen molar-refractivity contribution in [1.82, 2.24) is 15.4 Å². The highest BCUT2D eigenvalue weighted by Gasteiger charge is 2.28. The maximum absolute atomic E-state index is 6.03. The average molecular weight is 372 g/mol. The molecular weight excluding hydrogens is 352 g/mol. The van der Waals surface area contributed by atoms with Crippen LogP contribution in [-0.4, -0.2) is 21.4 Å². The second-order valence-electron chi connectivity index (χ2n) is 7.14. The van der Waals surface area contributed by atoms with Crippen LogP contribution in [0.25, 0.3) is 22.7 Å². The number of nitrogens with zero attached hydrogens (tertiary/aromatic N) is 4. The van der Waals surface area contributed by atoms with E-state index in [9.17, 15) is 0 Å². The van der Waals surface area contributed by atoms with Crippen LogP contribution in [0, 0.1) is 6.92 Å². The summed E-state index contributed by atoms with van der Waals surface area (Å²) in [7, 11) is 0. The van der Waals surface area contributed by atoms with E-state index >= 15 is 0 Å². The molecule has 0 N–H and O–H groups in total. The molecule has 0 radical (unpaired) electrons. The van der Waals surface area contributed by atoms with Crippen molar-refractivity contribution in [3.8, 4) is 22.7 Å². The molecule has 2 aromatic carbocycles. The van der Waals surface area contributed by atoms with E-state index in [1.54, 1.807) is 0 Å². The molecule has 0 unspecified atom stereocenters. The molecular formula is C22H20N4O2. The maximum atomic E-state index is 6.03. The molecule has 0 amide bonds. The SMILES string of the molecule is Cc1onc(-c2ccccc2)c1-c1nnc(CN2c3ccccc3C[C@H]2C)o1. The fraction of sp³-hybridized carbons (Fsp3) is 0.227. The van der Waals surface area contributed by atoms with Crippen molar-refractivity contribution >= 4 is 5.69 Å². The van der Waals surface area contributed by atoms with Crippen molar-refractivity contribution in [3.05, 3.63) is 71.8 Å². The number of aryl methyl sites for hydroxylation is 1. The summed E-state index contributed by atoms with van der Waals surface area (Å²) in [6, 6.07) is 18.7. The number of hydrogen-bond donors (Lipinski definition) is 0. The number of anilines is 1. The minimum atomic E-state index is 0.393. The van der Waals surface area contributed by atoms with Crippen LogP contribution in [0.1, 0.15) is 24.1 Å². The second kappa shape index (κ2) is 6.64. The first-order valence-corrected chi connectivity index (χ1v) is 9.39. The van der Waals surface area contributed by atoms with E-state index < -0.39 is 0 Å². The molecule has 0 aliphatic carbocycles. The van der Waals surface area contributed by atoms with Crippen LogP contribution in [0.5, 0.6) is 0 Å². The van der Waals surface area contributed by atoms with Crippen molar-refractivity contribution in [1.29, 1.82) is 0 Å². The Kier molecular flexibility index (Phi) is 3.97. The van der Waals surface area contributed by atoms with Gasteiger partial charge in [0.2, 0.25) is 5.89 Å². The zero-order chi connectivity index (χ0) is 19.1. The van der Waals surface area contributed by atoms with Crippen LogP contribution in [0.2, 0.25) is 0 Å². The van der Waals surface area contributed by atoms with Gasteiger partial charge in [0.05, 0.1) is 6.54 Å². The van der Waals surface area contributed by atoms with Gasteiger partial charge >= 0.3 is 0 Å². The topological polar surface area (TPSA) is 68.2 Å². The number of benzene rings is 2. The highest BCUT2D eigenvalue weighted by molar-refractivity contribution is 5.77. The number of aromatic nitrogens is 3. The molecule has 0 saturated heterocycles. The van der Waals surface area contributed by atoms with Gasteiger partial charge in [0.1, 0.15) is 17.0 Å². The lowest BCUT2D eigenvalue weighted by Crippen LogP contribution is -2.28. The van der Waals surface area contributed by atoms with Crippen LogP contribution in [-0.2, 0) is 13.0 Å². The molecule has 0 spiro atoms. The van der Waals surface area contributed by atoms with Gasteiger partial charge in [-0.15, -0.1) is 10.2 Å². The molecule has 3 heterocycles. The van der Waals surface area contributed by atoms with Crippen LogP contribution in [0.4, 0.5) is 5.69 Å². The van der Waals surface area contributed by atoms with Gasteiger partial charge in [-0.1, -0.05) is 53.7 Å². The van der Waals surface area contributed by atoms with Crippen LogP contribution < -0.4 is 4.90 Å². The Bertz CT molecular complexity index is 1120. The normalized spacial score (nSPS) is 15.8. The number of fused-ring (bicyclic) bond motifs is 1. The zero-order valence-corrected chi connectivity index (χ0v) is 15.8. The van der Waals surface area contributed by atoms with Crippen molar-refractivity contribution in [2.24, 2.45) is 0 Å². The predicted octanol–water partition coefficient (Wildman–Crippen LogP) is 4.65. The summed E-state index contributed by atoms with van der Waals surface area (Å²) in [4.78, 5) is 2.31. The molecule has 6 heteroatoms. The highest BCUT2D eigenvalue weighted by Crippen LogP contribution is 2.35. The van der Waals surface area contributed by atoms with E-state index in [1.807, 2.05) is 37.3 Å². The molecule has 28 heavy (non-hydrogen) atoms. The van der Waals surface area contributed by atoms with Crippen molar-refractivity contribution in [2.45, 2.75) is 32.9 Å². The Labute approximate surface area is 162 Å². The summed E-state index contributed by atoms with van der Waals surface area (Å²) in [5.74, 6) is 1.68. The highest BCUT2D eigenvalue weighted by atomic mass is 16.5. The van der Waals surface area contributed by atoms with Gasteiger partial charge in [0.15, 0.2) is 0 Å². The summed E-state index contributed by atoms with van der Waals surface area (Å²) in [6.07, 6.45) is 1.03. The van der Waals surface area contributed by atoms with E-state index in [1.165, 1.54) is 11.3 Å². The molecule has 5 rings (SSSR count). The minimum absolute atomic E-state index is 0.393. The lowest BCUT2D eigenvalue weighted by molar-refractivity contribution is 0.399. The first-order chi connectivity index (χ1) is 13.7. The monoisotopic (exact) mass is 372 g/mol. The molecule has 4 aromatic rings. The predicted molar refractivity (Wildman–Crippen MR) is 106 cm³/mol. The Hall–Kier alpha value is -3.41. The quantitative estimate of drug-likeness (QED) is 0.519. The van der Waals surface area contributed by atoms with Crippen LogP contribution >= 0.6 is 0 Å². The summed E-state index contributed by atoms with van der Waals surface area (Å²) in [6.45, 7) is 4.66. The number of rotatable bonds is 4. The third-order valence-corrected chi connectivity index (χ3v) is 5.24. The van der Waals surface area contributed by atoms with E-state index in [2.05, 4.69) is 51.4 Å². The summed E-state index contributed by atoms with van der Waals surface area (Å²) >= 11 is 0. The first-order valence-electron chi connectivity index (χ1n) is 9.39. The Morgan fingerprint density at radius 2 is 1.82 bits per heavy atom. The van der Waals surface area contributed by atoms with Gasteiger partial charge in [0.25, 0.3) is 5.89 Å². The lowest BCUT2D eigenvalue weighted by atomic mass is 10.1. The summed E-state index contributed by atoms with van der Waals surface area (Å²) < 4.78 is 11.5. The summed E-state index contributed by atoms with van der Waals surface area (Å²) in [5, 5.41) is 12.8. The zero-order valence-electron chi connectivity index (χ0n) is 15.8. The maximum Gasteiger partial charge on any atom is 0.253 e. The van der Waals surface area contributed by atoms with Crippen molar-refractivity contribution in [3.63, 3.8) is 0 Å². The Balaban J connectivity index is 1.46. The Morgan fingerprint density at radius 1 is 1.04 bits per heavy atom. The largest absolute Gasteiger partial charge is 0.419 e. The van der Waals surface area contributed by atoms with E-state index in [4.69, 9.17) is 8.94 Å². The molecule has 1 aliphatic heterocycles. The fourth-order valence-corrected chi connectivity index (χ4v) is 3.85. The smallest absolute Gasteiger partial charge is 0.253 e. The van der Waals surface area contributed by atoms with Gasteiger partial charge in [-0.3, -0.25) is 0 Å².